The van der Waals surface area contributed by atoms with Gasteiger partial charge in [-0.2, -0.15) is 0 Å². The zero-order valence-electron chi connectivity index (χ0n) is 21.7. The highest BCUT2D eigenvalue weighted by molar-refractivity contribution is 14.1. The van der Waals surface area contributed by atoms with Crippen molar-refractivity contribution < 1.29 is 28.2 Å². The molecule has 35 heavy (non-hydrogen) atoms. The molecule has 1 aromatic rings. The van der Waals surface area contributed by atoms with Crippen LogP contribution in [0, 0.1) is 5.41 Å². The van der Waals surface area contributed by atoms with Gasteiger partial charge in [-0.25, -0.2) is 4.79 Å². The highest BCUT2D eigenvalue weighted by atomic mass is 127. The van der Waals surface area contributed by atoms with Crippen LogP contribution in [0.2, 0.25) is 18.1 Å². The SMILES string of the molecule is C=C[C@@H](O[Si](CC)(CC)CC)c1ccc2c(c1[C@@H]1OC(=O)O[C@]13CCC(C)=C(I)C3(C)C)OCO2. The number of cyclic esters (lactones) is 1. The zero-order valence-corrected chi connectivity index (χ0v) is 24.8. The molecule has 2 aliphatic heterocycles. The molecule has 3 aliphatic rings. The number of carbonyl (C=O) groups excluding carboxylic acids is 1. The number of fused-ring (bicyclic) bond motifs is 1. The van der Waals surface area contributed by atoms with E-state index in [0.29, 0.717) is 17.9 Å². The van der Waals surface area contributed by atoms with Gasteiger partial charge in [-0.05, 0) is 75.7 Å². The van der Waals surface area contributed by atoms with Gasteiger partial charge in [0.25, 0.3) is 0 Å². The van der Waals surface area contributed by atoms with E-state index in [2.05, 4.69) is 70.7 Å². The molecular weight excluding hydrogens is 575 g/mol. The maximum Gasteiger partial charge on any atom is 0.509 e. The van der Waals surface area contributed by atoms with Crippen molar-refractivity contribution in [2.45, 2.75) is 90.3 Å². The van der Waals surface area contributed by atoms with E-state index in [-0.39, 0.29) is 12.9 Å². The number of carbonyl (C=O) groups is 1. The Morgan fingerprint density at radius 2 is 1.91 bits per heavy atom. The van der Waals surface area contributed by atoms with Crippen LogP contribution in [0.15, 0.2) is 33.9 Å². The quantitative estimate of drug-likeness (QED) is 0.128. The lowest BCUT2D eigenvalue weighted by atomic mass is 9.63. The first-order valence-corrected chi connectivity index (χ1v) is 16.2. The highest BCUT2D eigenvalue weighted by Crippen LogP contribution is 2.62. The smallest absolute Gasteiger partial charge is 0.454 e. The number of benzene rings is 1. The van der Waals surface area contributed by atoms with E-state index in [9.17, 15) is 4.79 Å². The molecular formula is C27H37IO6Si. The fourth-order valence-electron chi connectivity index (χ4n) is 5.90. The summed E-state index contributed by atoms with van der Waals surface area (Å²) in [6.07, 6.45) is 1.68. The largest absolute Gasteiger partial charge is 0.509 e. The zero-order chi connectivity index (χ0) is 25.6. The first kappa shape index (κ1) is 26.5. The van der Waals surface area contributed by atoms with E-state index in [1.807, 2.05) is 18.2 Å². The van der Waals surface area contributed by atoms with Crippen molar-refractivity contribution in [3.63, 3.8) is 0 Å². The second kappa shape index (κ2) is 9.74. The summed E-state index contributed by atoms with van der Waals surface area (Å²) in [6, 6.07) is 6.98. The Morgan fingerprint density at radius 1 is 1.23 bits per heavy atom. The van der Waals surface area contributed by atoms with Crippen LogP contribution in [0.1, 0.15) is 77.7 Å². The molecule has 0 N–H and O–H groups in total. The van der Waals surface area contributed by atoms with E-state index < -0.39 is 31.6 Å². The van der Waals surface area contributed by atoms with Crippen molar-refractivity contribution in [3.05, 3.63) is 45.1 Å². The van der Waals surface area contributed by atoms with Crippen LogP contribution in [-0.2, 0) is 13.9 Å². The molecule has 192 valence electrons. The molecule has 0 bridgehead atoms. The number of allylic oxidation sites excluding steroid dienone is 1. The first-order valence-electron chi connectivity index (χ1n) is 12.6. The van der Waals surface area contributed by atoms with Crippen molar-refractivity contribution in [1.82, 2.24) is 0 Å². The van der Waals surface area contributed by atoms with Gasteiger partial charge in [0, 0.05) is 11.0 Å². The minimum Gasteiger partial charge on any atom is -0.454 e. The number of hydrogen-bond donors (Lipinski definition) is 0. The van der Waals surface area contributed by atoms with Gasteiger partial charge in [-0.3, -0.25) is 0 Å². The summed E-state index contributed by atoms with van der Waals surface area (Å²) in [5.74, 6) is 1.25. The van der Waals surface area contributed by atoms with E-state index >= 15 is 0 Å². The average Bonchev–Trinajstić information content (AvgIpc) is 3.46. The number of hydrogen-bond acceptors (Lipinski definition) is 6. The maximum atomic E-state index is 12.8. The lowest BCUT2D eigenvalue weighted by Crippen LogP contribution is -2.51. The summed E-state index contributed by atoms with van der Waals surface area (Å²) in [5.41, 5.74) is 1.66. The van der Waals surface area contributed by atoms with E-state index in [0.717, 1.165) is 35.7 Å². The molecule has 1 saturated heterocycles. The van der Waals surface area contributed by atoms with Crippen molar-refractivity contribution in [2.24, 2.45) is 5.41 Å². The second-order valence-corrected chi connectivity index (χ2v) is 16.1. The molecule has 1 aliphatic carbocycles. The summed E-state index contributed by atoms with van der Waals surface area (Å²) in [7, 11) is -1.97. The molecule has 3 atom stereocenters. The number of rotatable bonds is 8. The third-order valence-electron chi connectivity index (χ3n) is 8.46. The minimum absolute atomic E-state index is 0.122. The predicted molar refractivity (Wildman–Crippen MR) is 147 cm³/mol. The van der Waals surface area contributed by atoms with Crippen molar-refractivity contribution >= 4 is 37.1 Å². The number of ether oxygens (including phenoxy) is 4. The van der Waals surface area contributed by atoms with Crippen molar-refractivity contribution in [1.29, 1.82) is 0 Å². The Hall–Kier alpha value is -1.52. The molecule has 0 saturated carbocycles. The fourth-order valence-corrected chi connectivity index (χ4v) is 9.39. The molecule has 0 unspecified atom stereocenters. The molecule has 2 heterocycles. The first-order chi connectivity index (χ1) is 16.6. The van der Waals surface area contributed by atoms with Crippen LogP contribution in [-0.4, -0.2) is 26.9 Å². The van der Waals surface area contributed by atoms with Gasteiger partial charge in [-0.1, -0.05) is 52.3 Å². The van der Waals surface area contributed by atoms with E-state index in [4.69, 9.17) is 23.4 Å². The Bertz CT molecular complexity index is 1040. The molecule has 0 amide bonds. The summed E-state index contributed by atoms with van der Waals surface area (Å²) >= 11 is 2.40. The van der Waals surface area contributed by atoms with Crippen LogP contribution in [0.4, 0.5) is 4.79 Å². The second-order valence-electron chi connectivity index (χ2n) is 10.3. The van der Waals surface area contributed by atoms with Crippen molar-refractivity contribution in [2.75, 3.05) is 6.79 Å². The fraction of sp³-hybridized carbons (Fsp3) is 0.593. The Labute approximate surface area is 223 Å². The molecule has 6 nitrogen and oxygen atoms in total. The third kappa shape index (κ3) is 4.13. The van der Waals surface area contributed by atoms with Gasteiger partial charge in [0.15, 0.2) is 31.5 Å². The van der Waals surface area contributed by atoms with Crippen LogP contribution in [0.5, 0.6) is 11.5 Å². The lowest BCUT2D eigenvalue weighted by molar-refractivity contribution is -0.0643. The normalized spacial score (nSPS) is 26.0. The molecule has 1 aromatic carbocycles. The van der Waals surface area contributed by atoms with Gasteiger partial charge >= 0.3 is 6.16 Å². The average molecular weight is 613 g/mol. The molecule has 8 heteroatoms. The van der Waals surface area contributed by atoms with Crippen molar-refractivity contribution in [3.8, 4) is 11.5 Å². The summed E-state index contributed by atoms with van der Waals surface area (Å²) in [5, 5.41) is 0. The van der Waals surface area contributed by atoms with Crippen LogP contribution in [0.3, 0.4) is 0 Å². The van der Waals surface area contributed by atoms with Gasteiger partial charge in [0.05, 0.1) is 6.10 Å². The maximum absolute atomic E-state index is 12.8. The molecule has 1 fully saturated rings. The molecule has 1 spiro atoms. The Balaban J connectivity index is 1.91. The minimum atomic E-state index is -1.97. The summed E-state index contributed by atoms with van der Waals surface area (Å²) < 4.78 is 32.0. The summed E-state index contributed by atoms with van der Waals surface area (Å²) in [6.45, 7) is 17.3. The van der Waals surface area contributed by atoms with Gasteiger partial charge in [-0.15, -0.1) is 6.58 Å². The van der Waals surface area contributed by atoms with E-state index in [1.54, 1.807) is 0 Å². The van der Waals surface area contributed by atoms with Crippen LogP contribution in [0.25, 0.3) is 0 Å². The van der Waals surface area contributed by atoms with E-state index in [1.165, 1.54) is 9.15 Å². The Morgan fingerprint density at radius 3 is 2.54 bits per heavy atom. The lowest BCUT2D eigenvalue weighted by Gasteiger charge is -2.48. The highest BCUT2D eigenvalue weighted by Gasteiger charge is 2.64. The summed E-state index contributed by atoms with van der Waals surface area (Å²) in [4.78, 5) is 12.8. The van der Waals surface area contributed by atoms with Crippen LogP contribution >= 0.6 is 22.6 Å². The molecule has 0 radical (unpaired) electrons. The molecule has 0 aromatic heterocycles. The predicted octanol–water partition coefficient (Wildman–Crippen LogP) is 8.14. The van der Waals surface area contributed by atoms with Gasteiger partial charge < -0.3 is 23.4 Å². The van der Waals surface area contributed by atoms with Gasteiger partial charge in [0.2, 0.25) is 6.79 Å². The Kier molecular flexibility index (Phi) is 7.39. The van der Waals surface area contributed by atoms with Gasteiger partial charge in [0.1, 0.15) is 0 Å². The number of halogens is 1. The van der Waals surface area contributed by atoms with Crippen LogP contribution < -0.4 is 9.47 Å². The molecule has 4 rings (SSSR count). The topological polar surface area (TPSA) is 63.2 Å². The third-order valence-corrected chi connectivity index (χ3v) is 15.3. The monoisotopic (exact) mass is 612 g/mol. The standard InChI is InChI=1S/C27H37IO6Si/c1-8-19(34-35(9-2,10-3)11-4)18-12-13-20-22(31-16-30-20)21(18)24-27(33-25(29)32-24)15-14-17(5)23(28)26(27,6)7/h8,12-13,19,24H,1,9-11,14-16H2,2-7H3/t19-,24+,27-/m1/s1.